The summed E-state index contributed by atoms with van der Waals surface area (Å²) in [6.45, 7) is 2.57. The van der Waals surface area contributed by atoms with Gasteiger partial charge >= 0.3 is 0 Å². The number of nitrogens with two attached hydrogens (primary N) is 1. The molecule has 0 spiro atoms. The highest BCUT2D eigenvalue weighted by atomic mass is 16.1. The summed E-state index contributed by atoms with van der Waals surface area (Å²) in [5, 5.41) is 4.05. The molecule has 1 atom stereocenters. The van der Waals surface area contributed by atoms with Crippen molar-refractivity contribution in [1.29, 1.82) is 0 Å². The first-order chi connectivity index (χ1) is 10.2. The fraction of sp³-hybridized carbons (Fsp3) is 0.250. The lowest BCUT2D eigenvalue weighted by molar-refractivity contribution is 0.559. The van der Waals surface area contributed by atoms with Crippen LogP contribution in [0.2, 0.25) is 0 Å². The van der Waals surface area contributed by atoms with Gasteiger partial charge in [-0.05, 0) is 23.6 Å². The van der Waals surface area contributed by atoms with E-state index in [0.717, 1.165) is 12.0 Å². The van der Waals surface area contributed by atoms with E-state index in [-0.39, 0.29) is 11.6 Å². The van der Waals surface area contributed by atoms with Crippen LogP contribution in [0.4, 0.5) is 0 Å². The van der Waals surface area contributed by atoms with E-state index in [0.29, 0.717) is 12.1 Å². The van der Waals surface area contributed by atoms with Crippen molar-refractivity contribution in [2.45, 2.75) is 25.9 Å². The normalized spacial score (nSPS) is 12.7. The van der Waals surface area contributed by atoms with Crippen molar-refractivity contribution in [1.82, 2.24) is 14.2 Å². The second-order valence-electron chi connectivity index (χ2n) is 5.12. The highest BCUT2D eigenvalue weighted by Gasteiger charge is 2.10. The van der Waals surface area contributed by atoms with E-state index in [2.05, 4.69) is 24.2 Å². The highest BCUT2D eigenvalue weighted by Crippen LogP contribution is 2.13. The van der Waals surface area contributed by atoms with E-state index in [1.807, 2.05) is 12.1 Å². The van der Waals surface area contributed by atoms with Crippen molar-refractivity contribution < 1.29 is 0 Å². The van der Waals surface area contributed by atoms with Gasteiger partial charge in [0.2, 0.25) is 0 Å². The molecule has 5 heteroatoms. The van der Waals surface area contributed by atoms with Gasteiger partial charge < -0.3 is 10.3 Å². The maximum atomic E-state index is 12.3. The van der Waals surface area contributed by atoms with Crippen molar-refractivity contribution in [2.24, 2.45) is 5.73 Å². The van der Waals surface area contributed by atoms with E-state index in [1.165, 1.54) is 5.56 Å². The predicted octanol–water partition coefficient (Wildman–Crippen LogP) is 1.76. The Kier molecular flexibility index (Phi) is 3.58. The molecule has 0 aliphatic heterocycles. The van der Waals surface area contributed by atoms with Crippen molar-refractivity contribution >= 4 is 5.52 Å². The smallest absolute Gasteiger partial charge is 0.276 e. The van der Waals surface area contributed by atoms with E-state index in [9.17, 15) is 4.79 Å². The zero-order valence-electron chi connectivity index (χ0n) is 11.9. The average molecular weight is 282 g/mol. The second-order valence-corrected chi connectivity index (χ2v) is 5.12. The molecule has 0 saturated heterocycles. The minimum Gasteiger partial charge on any atom is -0.322 e. The van der Waals surface area contributed by atoms with Crippen LogP contribution in [-0.4, -0.2) is 14.2 Å². The molecule has 0 aliphatic carbocycles. The minimum atomic E-state index is -0.209. The van der Waals surface area contributed by atoms with Crippen LogP contribution in [0.15, 0.2) is 53.7 Å². The molecule has 0 saturated carbocycles. The van der Waals surface area contributed by atoms with Crippen LogP contribution in [0.1, 0.15) is 24.1 Å². The zero-order chi connectivity index (χ0) is 14.8. The predicted molar refractivity (Wildman–Crippen MR) is 82.2 cm³/mol. The summed E-state index contributed by atoms with van der Waals surface area (Å²) in [6.07, 6.45) is 6.11. The van der Waals surface area contributed by atoms with E-state index >= 15 is 0 Å². The highest BCUT2D eigenvalue weighted by molar-refractivity contribution is 5.42. The van der Waals surface area contributed by atoms with Gasteiger partial charge in [0.05, 0.1) is 6.20 Å². The number of aromatic nitrogens is 3. The molecule has 3 aromatic rings. The molecule has 2 aromatic heterocycles. The Morgan fingerprint density at radius 1 is 1.19 bits per heavy atom. The monoisotopic (exact) mass is 282 g/mol. The number of benzene rings is 1. The van der Waals surface area contributed by atoms with Crippen molar-refractivity contribution in [3.8, 4) is 0 Å². The molecule has 0 fully saturated rings. The second kappa shape index (κ2) is 5.54. The third-order valence-electron chi connectivity index (χ3n) is 3.75. The number of nitrogens with zero attached hydrogens (tertiary/aromatic N) is 3. The van der Waals surface area contributed by atoms with Crippen LogP contribution in [0.5, 0.6) is 0 Å². The van der Waals surface area contributed by atoms with Crippen LogP contribution < -0.4 is 11.3 Å². The minimum absolute atomic E-state index is 0.0735. The van der Waals surface area contributed by atoms with E-state index in [4.69, 9.17) is 5.73 Å². The molecule has 0 aliphatic rings. The lowest BCUT2D eigenvalue weighted by atomic mass is 10.0. The lowest BCUT2D eigenvalue weighted by Gasteiger charge is -2.14. The first-order valence-corrected chi connectivity index (χ1v) is 7.06. The van der Waals surface area contributed by atoms with Gasteiger partial charge in [-0.1, -0.05) is 31.2 Å². The third-order valence-corrected chi connectivity index (χ3v) is 3.75. The van der Waals surface area contributed by atoms with Crippen molar-refractivity contribution in [3.63, 3.8) is 0 Å². The van der Waals surface area contributed by atoms with Gasteiger partial charge in [-0.2, -0.15) is 5.10 Å². The largest absolute Gasteiger partial charge is 0.322 e. The first-order valence-electron chi connectivity index (χ1n) is 7.06. The number of hydrogen-bond donors (Lipinski definition) is 1. The molecule has 21 heavy (non-hydrogen) atoms. The van der Waals surface area contributed by atoms with Crippen LogP contribution in [0.3, 0.4) is 0 Å². The molecule has 0 bridgehead atoms. The number of fused-ring (bicyclic) bond motifs is 1. The molecule has 2 N–H and O–H groups in total. The average Bonchev–Trinajstić information content (AvgIpc) is 2.99. The molecule has 5 nitrogen and oxygen atoms in total. The van der Waals surface area contributed by atoms with E-state index in [1.54, 1.807) is 33.7 Å². The Balaban J connectivity index is 1.86. The maximum Gasteiger partial charge on any atom is 0.276 e. The maximum absolute atomic E-state index is 12.3. The zero-order valence-corrected chi connectivity index (χ0v) is 11.9. The molecular weight excluding hydrogens is 264 g/mol. The molecule has 0 amide bonds. The van der Waals surface area contributed by atoms with Crippen LogP contribution in [-0.2, 0) is 13.0 Å². The Morgan fingerprint density at radius 2 is 1.95 bits per heavy atom. The Morgan fingerprint density at radius 3 is 2.67 bits per heavy atom. The summed E-state index contributed by atoms with van der Waals surface area (Å²) < 4.78 is 3.20. The first kappa shape index (κ1) is 13.6. The Bertz CT molecular complexity index is 801. The van der Waals surface area contributed by atoms with Gasteiger partial charge in [0.25, 0.3) is 5.56 Å². The van der Waals surface area contributed by atoms with Gasteiger partial charge in [-0.25, -0.2) is 4.52 Å². The summed E-state index contributed by atoms with van der Waals surface area (Å²) in [6, 6.07) is 9.73. The third kappa shape index (κ3) is 2.60. The molecular formula is C16H18N4O. The molecule has 1 aromatic carbocycles. The summed E-state index contributed by atoms with van der Waals surface area (Å²) >= 11 is 0. The van der Waals surface area contributed by atoms with Crippen LogP contribution >= 0.6 is 0 Å². The Hall–Kier alpha value is -2.40. The summed E-state index contributed by atoms with van der Waals surface area (Å²) in [5.74, 6) is 0. The van der Waals surface area contributed by atoms with Crippen molar-refractivity contribution in [2.75, 3.05) is 0 Å². The molecule has 2 heterocycles. The lowest BCUT2D eigenvalue weighted by Crippen LogP contribution is -2.27. The molecule has 1 unspecified atom stereocenters. The Labute approximate surface area is 122 Å². The van der Waals surface area contributed by atoms with Gasteiger partial charge in [-0.3, -0.25) is 4.79 Å². The van der Waals surface area contributed by atoms with Gasteiger partial charge in [0, 0.05) is 25.0 Å². The van der Waals surface area contributed by atoms with E-state index < -0.39 is 0 Å². The molecule has 108 valence electrons. The van der Waals surface area contributed by atoms with Crippen LogP contribution in [0, 0.1) is 0 Å². The fourth-order valence-electron chi connectivity index (χ4n) is 2.42. The number of rotatable bonds is 4. The molecule has 0 radical (unpaired) electrons. The summed E-state index contributed by atoms with van der Waals surface area (Å²) in [7, 11) is 0. The van der Waals surface area contributed by atoms with Gasteiger partial charge in [0.15, 0.2) is 0 Å². The number of hydrogen-bond acceptors (Lipinski definition) is 3. The quantitative estimate of drug-likeness (QED) is 0.793. The summed E-state index contributed by atoms with van der Waals surface area (Å²) in [4.78, 5) is 12.3. The fourth-order valence-corrected chi connectivity index (χ4v) is 2.42. The topological polar surface area (TPSA) is 65.3 Å². The van der Waals surface area contributed by atoms with Gasteiger partial charge in [-0.15, -0.1) is 0 Å². The standard InChI is InChI=1S/C16H18N4O/c1-2-12-3-5-13(6-4-12)14(17)11-19-9-10-20-15(16(19)21)7-8-18-20/h3-10,14H,2,11,17H2,1H3. The number of aryl methyl sites for hydroxylation is 1. The van der Waals surface area contributed by atoms with Crippen LogP contribution in [0.25, 0.3) is 5.52 Å². The SMILES string of the molecule is CCc1ccc(C(N)Cn2ccn3nccc3c2=O)cc1. The van der Waals surface area contributed by atoms with Crippen molar-refractivity contribution in [3.05, 3.63) is 70.4 Å². The summed E-state index contributed by atoms with van der Waals surface area (Å²) in [5.41, 5.74) is 9.03. The van der Waals surface area contributed by atoms with Gasteiger partial charge in [0.1, 0.15) is 5.52 Å². The molecule has 3 rings (SSSR count).